The van der Waals surface area contributed by atoms with E-state index < -0.39 is 5.97 Å². The molecule has 5 aromatic rings. The number of aryl methyl sites for hydroxylation is 6. The predicted octanol–water partition coefficient (Wildman–Crippen LogP) is 7.18. The van der Waals surface area contributed by atoms with E-state index in [0.717, 1.165) is 60.9 Å². The molecule has 5 rings (SSSR count). The van der Waals surface area contributed by atoms with Gasteiger partial charge in [0.25, 0.3) is 5.91 Å². The van der Waals surface area contributed by atoms with Gasteiger partial charge in [-0.1, -0.05) is 29.8 Å². The monoisotopic (exact) mass is 630 g/mol. The molecule has 0 aliphatic heterocycles. The zero-order chi connectivity index (χ0) is 32.4. The third-order valence-corrected chi connectivity index (χ3v) is 8.72. The van der Waals surface area contributed by atoms with Crippen LogP contribution in [0.25, 0.3) is 22.0 Å². The summed E-state index contributed by atoms with van der Waals surface area (Å²) in [7, 11) is 3.86. The summed E-state index contributed by atoms with van der Waals surface area (Å²) in [5.74, 6) is 0.551. The van der Waals surface area contributed by atoms with E-state index in [-0.39, 0.29) is 24.8 Å². The van der Waals surface area contributed by atoms with Crippen molar-refractivity contribution in [2.45, 2.75) is 54.0 Å². The molecule has 1 amide bonds. The van der Waals surface area contributed by atoms with Crippen molar-refractivity contribution in [3.05, 3.63) is 92.8 Å². The van der Waals surface area contributed by atoms with E-state index in [2.05, 4.69) is 29.5 Å². The zero-order valence-electron chi connectivity index (χ0n) is 26.8. The first kappa shape index (κ1) is 31.9. The standard InChI is InChI=1S/C35H39ClN4O5/c1-8-43-35(42)29-15-14-24(45-29)19-37-34(41)33-27(13-10-16-44-25-17-20(2)31(36)21(3)18-25)26-11-9-12-28(32(26)39(33)6)30-22(4)38-40(7)23(30)5/h9,11-12,14-15,17-18H,8,10,13,16,19H2,1-7H3,(H,37,41). The van der Waals surface area contributed by atoms with Gasteiger partial charge in [0, 0.05) is 41.3 Å². The number of halogens is 1. The van der Waals surface area contributed by atoms with Gasteiger partial charge >= 0.3 is 5.97 Å². The van der Waals surface area contributed by atoms with E-state index >= 15 is 0 Å². The van der Waals surface area contributed by atoms with Gasteiger partial charge in [-0.3, -0.25) is 9.48 Å². The number of para-hydroxylation sites is 1. The van der Waals surface area contributed by atoms with Gasteiger partial charge in [0.15, 0.2) is 0 Å². The number of nitrogens with zero attached hydrogens (tertiary/aromatic N) is 3. The highest BCUT2D eigenvalue weighted by Crippen LogP contribution is 2.37. The van der Waals surface area contributed by atoms with Crippen LogP contribution in [0.4, 0.5) is 0 Å². The van der Waals surface area contributed by atoms with Crippen LogP contribution in [0.1, 0.15) is 68.2 Å². The Morgan fingerprint density at radius 1 is 1.04 bits per heavy atom. The number of carbonyl (C=O) groups is 2. The molecule has 3 heterocycles. The predicted molar refractivity (Wildman–Crippen MR) is 175 cm³/mol. The van der Waals surface area contributed by atoms with Crippen LogP contribution >= 0.6 is 11.6 Å². The van der Waals surface area contributed by atoms with Gasteiger partial charge in [-0.2, -0.15) is 5.10 Å². The Hall–Kier alpha value is -4.50. The van der Waals surface area contributed by atoms with Crippen molar-refractivity contribution < 1.29 is 23.5 Å². The van der Waals surface area contributed by atoms with Crippen molar-refractivity contribution in [1.82, 2.24) is 19.7 Å². The number of amides is 1. The lowest BCUT2D eigenvalue weighted by Gasteiger charge is -2.11. The molecule has 3 aromatic heterocycles. The maximum Gasteiger partial charge on any atom is 0.374 e. The number of ether oxygens (including phenoxy) is 2. The highest BCUT2D eigenvalue weighted by atomic mass is 35.5. The molecule has 9 nitrogen and oxygen atoms in total. The highest BCUT2D eigenvalue weighted by Gasteiger charge is 2.25. The molecule has 0 aliphatic rings. The third kappa shape index (κ3) is 6.35. The second-order valence-electron chi connectivity index (χ2n) is 11.2. The fourth-order valence-corrected chi connectivity index (χ4v) is 6.07. The van der Waals surface area contributed by atoms with Crippen LogP contribution in [0.15, 0.2) is 46.9 Å². The van der Waals surface area contributed by atoms with Gasteiger partial charge in [-0.15, -0.1) is 0 Å². The Bertz CT molecular complexity index is 1870. The van der Waals surface area contributed by atoms with Crippen molar-refractivity contribution in [1.29, 1.82) is 0 Å². The molecule has 45 heavy (non-hydrogen) atoms. The van der Waals surface area contributed by atoms with Crippen LogP contribution in [0, 0.1) is 27.7 Å². The van der Waals surface area contributed by atoms with Crippen molar-refractivity contribution >= 4 is 34.4 Å². The first-order valence-electron chi connectivity index (χ1n) is 15.1. The summed E-state index contributed by atoms with van der Waals surface area (Å²) >= 11 is 6.34. The lowest BCUT2D eigenvalue weighted by atomic mass is 9.98. The lowest BCUT2D eigenvalue weighted by Crippen LogP contribution is -2.26. The fourth-order valence-electron chi connectivity index (χ4n) is 5.96. The second-order valence-corrected chi connectivity index (χ2v) is 11.6. The minimum atomic E-state index is -0.536. The minimum absolute atomic E-state index is 0.101. The van der Waals surface area contributed by atoms with Crippen LogP contribution in [0.5, 0.6) is 5.75 Å². The summed E-state index contributed by atoms with van der Waals surface area (Å²) in [5, 5.41) is 9.39. The number of carbonyl (C=O) groups excluding carboxylic acids is 2. The molecule has 0 atom stereocenters. The van der Waals surface area contributed by atoms with Crippen LogP contribution in [-0.2, 0) is 31.8 Å². The smallest absolute Gasteiger partial charge is 0.374 e. The number of rotatable bonds is 11. The normalized spacial score (nSPS) is 11.3. The topological polar surface area (TPSA) is 101 Å². The van der Waals surface area contributed by atoms with E-state index in [1.54, 1.807) is 19.1 Å². The van der Waals surface area contributed by atoms with Crippen molar-refractivity contribution in [3.63, 3.8) is 0 Å². The van der Waals surface area contributed by atoms with Crippen molar-refractivity contribution in [3.8, 4) is 16.9 Å². The molecule has 1 N–H and O–H groups in total. The van der Waals surface area contributed by atoms with Crippen LogP contribution in [0.2, 0.25) is 5.02 Å². The van der Waals surface area contributed by atoms with Gasteiger partial charge in [-0.05, 0) is 88.4 Å². The van der Waals surface area contributed by atoms with Gasteiger partial charge in [0.05, 0.1) is 31.0 Å². The molecule has 0 radical (unpaired) electrons. The highest BCUT2D eigenvalue weighted by molar-refractivity contribution is 6.32. The summed E-state index contributed by atoms with van der Waals surface area (Å²) in [5.41, 5.74) is 8.45. The van der Waals surface area contributed by atoms with Crippen molar-refractivity contribution in [2.24, 2.45) is 14.1 Å². The van der Waals surface area contributed by atoms with E-state index in [4.69, 9.17) is 25.5 Å². The van der Waals surface area contributed by atoms with Gasteiger partial charge in [0.1, 0.15) is 17.2 Å². The van der Waals surface area contributed by atoms with Gasteiger partial charge < -0.3 is 23.8 Å². The Labute approximate surface area is 268 Å². The zero-order valence-corrected chi connectivity index (χ0v) is 27.6. The molecule has 2 aromatic carbocycles. The molecular formula is C35H39ClN4O5. The molecule has 10 heteroatoms. The summed E-state index contributed by atoms with van der Waals surface area (Å²) in [6.45, 7) is 10.6. The molecule has 0 saturated carbocycles. The van der Waals surface area contributed by atoms with E-state index in [1.807, 2.05) is 62.3 Å². The molecule has 0 saturated heterocycles. The average Bonchev–Trinajstić information content (AvgIpc) is 3.67. The Morgan fingerprint density at radius 3 is 2.44 bits per heavy atom. The molecular weight excluding hydrogens is 592 g/mol. The number of aromatic nitrogens is 3. The van der Waals surface area contributed by atoms with E-state index in [9.17, 15) is 9.59 Å². The quantitative estimate of drug-likeness (QED) is 0.123. The summed E-state index contributed by atoms with van der Waals surface area (Å²) in [6.07, 6.45) is 1.31. The maximum atomic E-state index is 13.9. The first-order valence-corrected chi connectivity index (χ1v) is 15.4. The molecule has 0 spiro atoms. The number of esters is 1. The van der Waals surface area contributed by atoms with Crippen molar-refractivity contribution in [2.75, 3.05) is 13.2 Å². The molecule has 0 fully saturated rings. The number of furan rings is 1. The molecule has 236 valence electrons. The van der Waals surface area contributed by atoms with Crippen LogP contribution in [0.3, 0.4) is 0 Å². The Balaban J connectivity index is 1.46. The third-order valence-electron chi connectivity index (χ3n) is 8.12. The second kappa shape index (κ2) is 13.2. The number of fused-ring (bicyclic) bond motifs is 1. The molecule has 0 bridgehead atoms. The number of benzene rings is 2. The molecule has 0 aliphatic carbocycles. The summed E-state index contributed by atoms with van der Waals surface area (Å²) < 4.78 is 20.6. The Morgan fingerprint density at radius 2 is 1.78 bits per heavy atom. The van der Waals surface area contributed by atoms with Gasteiger partial charge in [0.2, 0.25) is 5.76 Å². The summed E-state index contributed by atoms with van der Waals surface area (Å²) in [4.78, 5) is 25.9. The minimum Gasteiger partial charge on any atom is -0.494 e. The Kier molecular flexibility index (Phi) is 9.39. The lowest BCUT2D eigenvalue weighted by molar-refractivity contribution is 0.0488. The number of hydrogen-bond donors (Lipinski definition) is 1. The molecule has 0 unspecified atom stereocenters. The number of hydrogen-bond acceptors (Lipinski definition) is 6. The van der Waals surface area contributed by atoms with E-state index in [1.165, 1.54) is 0 Å². The van der Waals surface area contributed by atoms with E-state index in [0.29, 0.717) is 30.9 Å². The number of nitrogens with one attached hydrogen (secondary N) is 1. The first-order chi connectivity index (χ1) is 21.5. The van der Waals surface area contributed by atoms with Crippen LogP contribution in [-0.4, -0.2) is 39.4 Å². The SMILES string of the molecule is CCOC(=O)c1ccc(CNC(=O)c2c(CCCOc3cc(C)c(Cl)c(C)c3)c3cccc(-c4c(C)nn(C)c4C)c3n2C)o1. The fraction of sp³-hybridized carbons (Fsp3) is 0.343. The van der Waals surface area contributed by atoms with Crippen LogP contribution < -0.4 is 10.1 Å². The van der Waals surface area contributed by atoms with Gasteiger partial charge in [-0.25, -0.2) is 4.79 Å². The summed E-state index contributed by atoms with van der Waals surface area (Å²) in [6, 6.07) is 13.3. The average molecular weight is 631 g/mol. The maximum absolute atomic E-state index is 13.9. The largest absolute Gasteiger partial charge is 0.494 e.